The van der Waals surface area contributed by atoms with Gasteiger partial charge in [0.05, 0.1) is 5.69 Å². The Bertz CT molecular complexity index is 286. The van der Waals surface area contributed by atoms with Crippen molar-refractivity contribution in [2.24, 2.45) is 0 Å². The third kappa shape index (κ3) is 5.84. The average molecular weight is 239 g/mol. The van der Waals surface area contributed by atoms with Crippen LogP contribution in [0.5, 0.6) is 0 Å². The summed E-state index contributed by atoms with van der Waals surface area (Å²) in [5.41, 5.74) is 1.25. The van der Waals surface area contributed by atoms with Gasteiger partial charge < -0.3 is 10.1 Å². The lowest BCUT2D eigenvalue weighted by Gasteiger charge is -2.07. The second-order valence-corrected chi connectivity index (χ2v) is 4.13. The van der Waals surface area contributed by atoms with E-state index < -0.39 is 0 Å². The number of aryl methyl sites for hydroxylation is 1. The maximum Gasteiger partial charge on any atom is 0.0521 e. The number of aromatic nitrogens is 2. The van der Waals surface area contributed by atoms with Crippen LogP contribution in [0.2, 0.25) is 0 Å². The molecule has 0 amide bonds. The molecule has 0 bridgehead atoms. The van der Waals surface area contributed by atoms with E-state index in [0.717, 1.165) is 39.3 Å². The number of hydrogen-bond donors (Lipinski definition) is 1. The first kappa shape index (κ1) is 14.2. The van der Waals surface area contributed by atoms with Crippen LogP contribution < -0.4 is 5.32 Å². The van der Waals surface area contributed by atoms with Crippen molar-refractivity contribution in [2.75, 3.05) is 19.8 Å². The highest BCUT2D eigenvalue weighted by atomic mass is 16.5. The van der Waals surface area contributed by atoms with Gasteiger partial charge in [-0.25, -0.2) is 0 Å². The van der Waals surface area contributed by atoms with Crippen LogP contribution in [0.25, 0.3) is 0 Å². The highest BCUT2D eigenvalue weighted by Gasteiger charge is 1.98. The molecule has 0 saturated carbocycles. The summed E-state index contributed by atoms with van der Waals surface area (Å²) < 4.78 is 7.52. The summed E-state index contributed by atoms with van der Waals surface area (Å²) in [5.74, 6) is 0. The van der Waals surface area contributed by atoms with E-state index in [0.29, 0.717) is 0 Å². The fourth-order valence-corrected chi connectivity index (χ4v) is 1.66. The molecule has 1 aromatic rings. The van der Waals surface area contributed by atoms with Crippen LogP contribution in [-0.2, 0) is 17.8 Å². The second kappa shape index (κ2) is 9.19. The molecule has 4 nitrogen and oxygen atoms in total. The summed E-state index contributed by atoms with van der Waals surface area (Å²) in [7, 11) is 0. The predicted molar refractivity (Wildman–Crippen MR) is 70.0 cm³/mol. The molecule has 1 N–H and O–H groups in total. The molecule has 0 atom stereocenters. The minimum atomic E-state index is 0.861. The van der Waals surface area contributed by atoms with Crippen LogP contribution in [-0.4, -0.2) is 29.5 Å². The molecule has 0 saturated heterocycles. The molecular weight excluding hydrogens is 214 g/mol. The number of nitrogens with zero attached hydrogens (tertiary/aromatic N) is 2. The van der Waals surface area contributed by atoms with Crippen LogP contribution in [0.4, 0.5) is 0 Å². The Balaban J connectivity index is 1.97. The van der Waals surface area contributed by atoms with E-state index in [2.05, 4.69) is 30.3 Å². The highest BCUT2D eigenvalue weighted by Crippen LogP contribution is 1.97. The summed E-state index contributed by atoms with van der Waals surface area (Å²) in [5, 5.41) is 7.65. The quantitative estimate of drug-likeness (QED) is 0.636. The molecule has 1 heterocycles. The van der Waals surface area contributed by atoms with E-state index in [1.165, 1.54) is 18.5 Å². The molecule has 0 aliphatic heterocycles. The maximum atomic E-state index is 5.50. The Hall–Kier alpha value is -0.870. The summed E-state index contributed by atoms with van der Waals surface area (Å²) in [4.78, 5) is 0. The van der Waals surface area contributed by atoms with Crippen LogP contribution in [0, 0.1) is 0 Å². The van der Waals surface area contributed by atoms with Crippen molar-refractivity contribution in [3.8, 4) is 0 Å². The molecule has 1 rings (SSSR count). The summed E-state index contributed by atoms with van der Waals surface area (Å²) in [6.45, 7) is 8.88. The highest BCUT2D eigenvalue weighted by molar-refractivity contribution is 4.99. The largest absolute Gasteiger partial charge is 0.381 e. The maximum absolute atomic E-state index is 5.50. The van der Waals surface area contributed by atoms with Crippen molar-refractivity contribution < 1.29 is 4.74 Å². The van der Waals surface area contributed by atoms with Gasteiger partial charge in [0, 0.05) is 32.5 Å². The van der Waals surface area contributed by atoms with Crippen molar-refractivity contribution >= 4 is 0 Å². The minimum Gasteiger partial charge on any atom is -0.381 e. The first-order chi connectivity index (χ1) is 8.38. The molecule has 17 heavy (non-hydrogen) atoms. The van der Waals surface area contributed by atoms with E-state index >= 15 is 0 Å². The Kier molecular flexibility index (Phi) is 7.67. The number of rotatable bonds is 10. The molecule has 0 fully saturated rings. The molecule has 0 aromatic carbocycles. The van der Waals surface area contributed by atoms with E-state index in [-0.39, 0.29) is 0 Å². The van der Waals surface area contributed by atoms with Crippen molar-refractivity contribution in [3.05, 3.63) is 18.0 Å². The van der Waals surface area contributed by atoms with Gasteiger partial charge in [-0.3, -0.25) is 4.68 Å². The topological polar surface area (TPSA) is 39.1 Å². The van der Waals surface area contributed by atoms with Crippen LogP contribution in [0.1, 0.15) is 38.8 Å². The fraction of sp³-hybridized carbons (Fsp3) is 0.769. The van der Waals surface area contributed by atoms with E-state index in [9.17, 15) is 0 Å². The van der Waals surface area contributed by atoms with Gasteiger partial charge in [0.25, 0.3) is 0 Å². The standard InChI is InChI=1S/C13H25N3O/c1-3-5-10-17-11-6-8-14-12-13-7-9-15-16(13)4-2/h7,9,14H,3-6,8,10-12H2,1-2H3. The first-order valence-corrected chi connectivity index (χ1v) is 6.67. The van der Waals surface area contributed by atoms with Crippen molar-refractivity contribution in [1.82, 2.24) is 15.1 Å². The number of ether oxygens (including phenoxy) is 1. The van der Waals surface area contributed by atoms with Gasteiger partial charge in [-0.05, 0) is 32.4 Å². The zero-order valence-corrected chi connectivity index (χ0v) is 11.1. The third-order valence-electron chi connectivity index (χ3n) is 2.69. The summed E-state index contributed by atoms with van der Waals surface area (Å²) in [6, 6.07) is 2.06. The van der Waals surface area contributed by atoms with Crippen molar-refractivity contribution in [3.63, 3.8) is 0 Å². The molecule has 1 aromatic heterocycles. The lowest BCUT2D eigenvalue weighted by Crippen LogP contribution is -2.19. The number of unbranched alkanes of at least 4 members (excludes halogenated alkanes) is 1. The number of hydrogen-bond acceptors (Lipinski definition) is 3. The lowest BCUT2D eigenvalue weighted by molar-refractivity contribution is 0.128. The molecule has 98 valence electrons. The normalized spacial score (nSPS) is 10.9. The second-order valence-electron chi connectivity index (χ2n) is 4.13. The zero-order chi connectivity index (χ0) is 12.3. The van der Waals surface area contributed by atoms with Gasteiger partial charge >= 0.3 is 0 Å². The molecule has 0 aliphatic rings. The monoisotopic (exact) mass is 239 g/mol. The molecule has 0 spiro atoms. The van der Waals surface area contributed by atoms with Crippen molar-refractivity contribution in [1.29, 1.82) is 0 Å². The van der Waals surface area contributed by atoms with Gasteiger partial charge in [0.15, 0.2) is 0 Å². The summed E-state index contributed by atoms with van der Waals surface area (Å²) >= 11 is 0. The van der Waals surface area contributed by atoms with E-state index in [4.69, 9.17) is 4.74 Å². The van der Waals surface area contributed by atoms with E-state index in [1.54, 1.807) is 0 Å². The molecule has 0 unspecified atom stereocenters. The molecule has 4 heteroatoms. The van der Waals surface area contributed by atoms with E-state index in [1.807, 2.05) is 10.9 Å². The zero-order valence-electron chi connectivity index (χ0n) is 11.1. The molecular formula is C13H25N3O. The Morgan fingerprint density at radius 1 is 1.29 bits per heavy atom. The minimum absolute atomic E-state index is 0.861. The number of nitrogens with one attached hydrogen (secondary N) is 1. The molecule has 0 radical (unpaired) electrons. The van der Waals surface area contributed by atoms with Gasteiger partial charge in [0.2, 0.25) is 0 Å². The smallest absolute Gasteiger partial charge is 0.0521 e. The van der Waals surface area contributed by atoms with Crippen molar-refractivity contribution in [2.45, 2.75) is 46.2 Å². The predicted octanol–water partition coefficient (Wildman–Crippen LogP) is 2.20. The first-order valence-electron chi connectivity index (χ1n) is 6.67. The van der Waals surface area contributed by atoms with Crippen LogP contribution >= 0.6 is 0 Å². The van der Waals surface area contributed by atoms with Gasteiger partial charge in [0.1, 0.15) is 0 Å². The van der Waals surface area contributed by atoms with Gasteiger partial charge in [-0.15, -0.1) is 0 Å². The fourth-order valence-electron chi connectivity index (χ4n) is 1.66. The lowest BCUT2D eigenvalue weighted by atomic mass is 10.3. The SMILES string of the molecule is CCCCOCCCNCc1ccnn1CC. The molecule has 0 aliphatic carbocycles. The van der Waals surface area contributed by atoms with Crippen LogP contribution in [0.15, 0.2) is 12.3 Å². The summed E-state index contributed by atoms with van der Waals surface area (Å²) in [6.07, 6.45) is 5.31. The third-order valence-corrected chi connectivity index (χ3v) is 2.69. The Labute approximate surface area is 104 Å². The Morgan fingerprint density at radius 2 is 2.12 bits per heavy atom. The van der Waals surface area contributed by atoms with Gasteiger partial charge in [-0.2, -0.15) is 5.10 Å². The Morgan fingerprint density at radius 3 is 2.88 bits per heavy atom. The van der Waals surface area contributed by atoms with Gasteiger partial charge in [-0.1, -0.05) is 13.3 Å². The van der Waals surface area contributed by atoms with Crippen LogP contribution in [0.3, 0.4) is 0 Å². The average Bonchev–Trinajstić information content (AvgIpc) is 2.80.